The molecule has 0 amide bonds. The van der Waals surface area contributed by atoms with E-state index in [1.807, 2.05) is 0 Å². The molecule has 1 aliphatic heterocycles. The summed E-state index contributed by atoms with van der Waals surface area (Å²) in [6.45, 7) is 0. The second-order valence-corrected chi connectivity index (χ2v) is 6.64. The number of carbonyl (C=O) groups is 1. The first kappa shape index (κ1) is 15.8. The number of nitrogens with zero attached hydrogens (tertiary/aromatic N) is 2. The molecule has 0 bridgehead atoms. The fraction of sp³-hybridized carbons (Fsp3) is 0.188. The first-order chi connectivity index (χ1) is 10.9. The summed E-state index contributed by atoms with van der Waals surface area (Å²) in [6, 6.07) is 5.20. The third kappa shape index (κ3) is 2.68. The lowest BCUT2D eigenvalue weighted by molar-refractivity contribution is 0.103. The van der Waals surface area contributed by atoms with Crippen molar-refractivity contribution < 1.29 is 4.79 Å². The number of thioether (sulfide) groups is 1. The van der Waals surface area contributed by atoms with Gasteiger partial charge in [0.1, 0.15) is 0 Å². The zero-order chi connectivity index (χ0) is 16.7. The van der Waals surface area contributed by atoms with Gasteiger partial charge in [0.05, 0.1) is 10.6 Å². The van der Waals surface area contributed by atoms with Gasteiger partial charge in [-0.25, -0.2) is 4.79 Å². The van der Waals surface area contributed by atoms with Crippen molar-refractivity contribution in [1.29, 1.82) is 0 Å². The van der Waals surface area contributed by atoms with Crippen LogP contribution >= 0.6 is 23.4 Å². The van der Waals surface area contributed by atoms with Crippen LogP contribution in [0.4, 0.5) is 0 Å². The van der Waals surface area contributed by atoms with Crippen LogP contribution < -0.4 is 11.2 Å². The molecule has 1 aliphatic rings. The molecule has 23 heavy (non-hydrogen) atoms. The van der Waals surface area contributed by atoms with Gasteiger partial charge in [-0.2, -0.15) is 0 Å². The molecular weight excluding hydrogens is 336 g/mol. The first-order valence-electron chi connectivity index (χ1n) is 6.83. The molecule has 0 atom stereocenters. The fourth-order valence-corrected chi connectivity index (χ4v) is 3.83. The van der Waals surface area contributed by atoms with Crippen LogP contribution in [-0.4, -0.2) is 20.7 Å². The summed E-state index contributed by atoms with van der Waals surface area (Å²) in [7, 11) is 2.98. The van der Waals surface area contributed by atoms with E-state index < -0.39 is 11.2 Å². The number of rotatable bonds is 1. The third-order valence-electron chi connectivity index (χ3n) is 3.68. The van der Waals surface area contributed by atoms with Crippen LogP contribution in [0.5, 0.6) is 0 Å². The van der Waals surface area contributed by atoms with Crippen molar-refractivity contribution >= 4 is 35.2 Å². The van der Waals surface area contributed by atoms with Gasteiger partial charge >= 0.3 is 5.69 Å². The van der Waals surface area contributed by atoms with Gasteiger partial charge in [-0.1, -0.05) is 17.7 Å². The number of benzene rings is 1. The van der Waals surface area contributed by atoms with E-state index in [9.17, 15) is 14.4 Å². The molecule has 0 unspecified atom stereocenters. The minimum atomic E-state index is -0.421. The average Bonchev–Trinajstić information content (AvgIpc) is 2.53. The predicted octanol–water partition coefficient (Wildman–Crippen LogP) is 2.11. The van der Waals surface area contributed by atoms with Crippen molar-refractivity contribution in [3.63, 3.8) is 0 Å². The lowest BCUT2D eigenvalue weighted by Crippen LogP contribution is -2.37. The Bertz CT molecular complexity index is 972. The van der Waals surface area contributed by atoms with E-state index in [0.29, 0.717) is 27.5 Å². The molecule has 118 valence electrons. The molecule has 1 aromatic carbocycles. The van der Waals surface area contributed by atoms with Crippen LogP contribution in [0, 0.1) is 0 Å². The van der Waals surface area contributed by atoms with Gasteiger partial charge in [0.25, 0.3) is 5.56 Å². The monoisotopic (exact) mass is 348 g/mol. The number of fused-ring (bicyclic) bond motifs is 1. The number of hydrogen-bond donors (Lipinski definition) is 0. The maximum atomic E-state index is 12.6. The number of Topliss-reactive ketones (excluding diaryl/α,β-unsaturated/α-hetero) is 1. The van der Waals surface area contributed by atoms with Gasteiger partial charge in [-0.05, 0) is 18.2 Å². The van der Waals surface area contributed by atoms with Gasteiger partial charge in [0, 0.05) is 42.1 Å². The molecule has 0 fully saturated rings. The van der Waals surface area contributed by atoms with E-state index in [1.54, 1.807) is 31.3 Å². The van der Waals surface area contributed by atoms with E-state index in [-0.39, 0.29) is 5.78 Å². The van der Waals surface area contributed by atoms with Crippen molar-refractivity contribution in [2.24, 2.45) is 14.1 Å². The number of aromatic nitrogens is 2. The summed E-state index contributed by atoms with van der Waals surface area (Å²) < 4.78 is 2.34. The number of aryl methyl sites for hydroxylation is 1. The van der Waals surface area contributed by atoms with Gasteiger partial charge < -0.3 is 4.57 Å². The zero-order valence-corrected chi connectivity index (χ0v) is 14.1. The number of hydrogen-bond acceptors (Lipinski definition) is 4. The van der Waals surface area contributed by atoms with E-state index in [2.05, 4.69) is 0 Å². The van der Waals surface area contributed by atoms with Crippen molar-refractivity contribution in [2.45, 2.75) is 4.90 Å². The average molecular weight is 349 g/mol. The summed E-state index contributed by atoms with van der Waals surface area (Å²) in [5.41, 5.74) is 0.542. The highest BCUT2D eigenvalue weighted by Gasteiger charge is 2.24. The Kier molecular flexibility index (Phi) is 4.04. The number of halogens is 1. The number of carbonyl (C=O) groups excluding carboxylic acids is 1. The Labute approximate surface area is 141 Å². The summed E-state index contributed by atoms with van der Waals surface area (Å²) in [5, 5.41) is 0.554. The largest absolute Gasteiger partial charge is 0.330 e. The summed E-state index contributed by atoms with van der Waals surface area (Å²) in [6.07, 6.45) is 3.00. The van der Waals surface area contributed by atoms with Crippen LogP contribution in [0.25, 0.3) is 6.08 Å². The Morgan fingerprint density at radius 3 is 2.70 bits per heavy atom. The van der Waals surface area contributed by atoms with Crippen molar-refractivity contribution in [3.8, 4) is 0 Å². The van der Waals surface area contributed by atoms with Crippen LogP contribution in [0.3, 0.4) is 0 Å². The van der Waals surface area contributed by atoms with Crippen LogP contribution in [0.15, 0.2) is 44.5 Å². The molecule has 3 rings (SSSR count). The lowest BCUT2D eigenvalue weighted by atomic mass is 10.0. The lowest BCUT2D eigenvalue weighted by Gasteiger charge is -2.18. The van der Waals surface area contributed by atoms with E-state index >= 15 is 0 Å². The molecular formula is C16H13ClN2O3S. The first-order valence-corrected chi connectivity index (χ1v) is 8.19. The van der Waals surface area contributed by atoms with E-state index in [0.717, 1.165) is 9.46 Å². The summed E-state index contributed by atoms with van der Waals surface area (Å²) in [4.78, 5) is 37.3. The Hall–Kier alpha value is -2.05. The zero-order valence-electron chi connectivity index (χ0n) is 12.5. The second-order valence-electron chi connectivity index (χ2n) is 5.25. The topological polar surface area (TPSA) is 61.1 Å². The third-order valence-corrected chi connectivity index (χ3v) is 5.29. The summed E-state index contributed by atoms with van der Waals surface area (Å²) in [5.74, 6) is 0.291. The van der Waals surface area contributed by atoms with Gasteiger partial charge in [-0.15, -0.1) is 11.8 Å². The smallest absolute Gasteiger partial charge is 0.303 e. The molecule has 0 spiro atoms. The molecule has 0 saturated heterocycles. The highest BCUT2D eigenvalue weighted by molar-refractivity contribution is 7.99. The molecule has 7 heteroatoms. The standard InChI is InChI=1S/C16H13ClN2O3S/c1-18-7-9(15(21)19(2)16(18)22)6-10-8-23-14-11(13(10)20)4-3-5-12(14)17/h3-7H,8H2,1-2H3/b10-6+. The molecule has 2 heterocycles. The van der Waals surface area contributed by atoms with Crippen LogP contribution in [-0.2, 0) is 14.1 Å². The van der Waals surface area contributed by atoms with Gasteiger partial charge in [0.15, 0.2) is 5.78 Å². The van der Waals surface area contributed by atoms with E-state index in [1.165, 1.54) is 29.6 Å². The van der Waals surface area contributed by atoms with Crippen molar-refractivity contribution in [2.75, 3.05) is 5.75 Å². The van der Waals surface area contributed by atoms with Crippen LogP contribution in [0.1, 0.15) is 15.9 Å². The predicted molar refractivity (Wildman–Crippen MR) is 91.4 cm³/mol. The molecule has 0 aliphatic carbocycles. The number of ketones is 1. The van der Waals surface area contributed by atoms with Crippen molar-refractivity contribution in [3.05, 3.63) is 67.0 Å². The Morgan fingerprint density at radius 1 is 1.22 bits per heavy atom. The minimum absolute atomic E-state index is 0.142. The van der Waals surface area contributed by atoms with E-state index in [4.69, 9.17) is 11.6 Å². The van der Waals surface area contributed by atoms with Gasteiger partial charge in [0.2, 0.25) is 0 Å². The second kappa shape index (κ2) is 5.86. The molecule has 2 aromatic rings. The van der Waals surface area contributed by atoms with Crippen molar-refractivity contribution in [1.82, 2.24) is 9.13 Å². The quantitative estimate of drug-likeness (QED) is 0.740. The molecule has 0 N–H and O–H groups in total. The Balaban J connectivity index is 2.11. The van der Waals surface area contributed by atoms with Gasteiger partial charge in [-0.3, -0.25) is 14.2 Å². The minimum Gasteiger partial charge on any atom is -0.303 e. The summed E-state index contributed by atoms with van der Waals surface area (Å²) >= 11 is 7.58. The maximum Gasteiger partial charge on any atom is 0.330 e. The molecule has 0 saturated carbocycles. The highest BCUT2D eigenvalue weighted by Crippen LogP contribution is 2.37. The fourth-order valence-electron chi connectivity index (χ4n) is 2.45. The van der Waals surface area contributed by atoms with Crippen LogP contribution in [0.2, 0.25) is 5.02 Å². The highest BCUT2D eigenvalue weighted by atomic mass is 35.5. The Morgan fingerprint density at radius 2 is 1.96 bits per heavy atom. The maximum absolute atomic E-state index is 12.6. The molecule has 0 radical (unpaired) electrons. The normalized spacial score (nSPS) is 15.8. The molecule has 5 nitrogen and oxygen atoms in total. The molecule has 1 aromatic heterocycles. The SMILES string of the molecule is Cn1cc(/C=C2\CSc3c(Cl)cccc3C2=O)c(=O)n(C)c1=O.